The molecule has 2 aliphatic rings. The van der Waals surface area contributed by atoms with Gasteiger partial charge >= 0.3 is 6.03 Å². The van der Waals surface area contributed by atoms with Crippen LogP contribution >= 0.6 is 23.2 Å². The van der Waals surface area contributed by atoms with Gasteiger partial charge in [0.05, 0.1) is 13.2 Å². The highest BCUT2D eigenvalue weighted by molar-refractivity contribution is 6.32. The Morgan fingerprint density at radius 1 is 1.22 bits per heavy atom. The number of nitrogens with one attached hydrogen (secondary N) is 1. The number of halogens is 2. The van der Waals surface area contributed by atoms with E-state index in [1.165, 1.54) is 0 Å². The lowest BCUT2D eigenvalue weighted by atomic mass is 9.92. The van der Waals surface area contributed by atoms with Crippen molar-refractivity contribution < 1.29 is 19.1 Å². The lowest BCUT2D eigenvalue weighted by Gasteiger charge is -2.25. The van der Waals surface area contributed by atoms with E-state index in [2.05, 4.69) is 5.32 Å². The Kier molecular flexibility index (Phi) is 4.50. The molecule has 4 rings (SSSR count). The van der Waals surface area contributed by atoms with E-state index in [1.54, 1.807) is 43.3 Å². The SMILES string of the molecule is CC1(c2ccccc2Cl)NC(=O)N(Cc2cc(Cl)cc3c2OCOC3)C1=O. The van der Waals surface area contributed by atoms with Gasteiger partial charge in [0.1, 0.15) is 11.3 Å². The molecule has 1 unspecified atom stereocenters. The number of ether oxygens (including phenoxy) is 2. The van der Waals surface area contributed by atoms with Gasteiger partial charge in [-0.05, 0) is 25.1 Å². The topological polar surface area (TPSA) is 67.9 Å². The number of urea groups is 1. The summed E-state index contributed by atoms with van der Waals surface area (Å²) in [5.41, 5.74) is 0.737. The Bertz CT molecular complexity index is 949. The molecule has 0 spiro atoms. The van der Waals surface area contributed by atoms with Crippen molar-refractivity contribution in [1.82, 2.24) is 10.2 Å². The van der Waals surface area contributed by atoms with E-state index in [0.717, 1.165) is 10.5 Å². The lowest BCUT2D eigenvalue weighted by molar-refractivity contribution is -0.131. The summed E-state index contributed by atoms with van der Waals surface area (Å²) < 4.78 is 10.8. The van der Waals surface area contributed by atoms with E-state index in [1.807, 2.05) is 0 Å². The standard InChI is InChI=1S/C19H16Cl2N2O4/c1-19(14-4-2-3-5-15(14)21)17(24)23(18(25)22-19)8-11-6-13(20)7-12-9-26-10-27-16(11)12/h2-7H,8-10H2,1H3,(H,22,25). The molecule has 1 saturated heterocycles. The molecule has 1 fully saturated rings. The molecule has 0 aromatic heterocycles. The smallest absolute Gasteiger partial charge is 0.325 e. The number of carbonyl (C=O) groups is 2. The molecule has 2 aromatic carbocycles. The van der Waals surface area contributed by atoms with Gasteiger partial charge in [-0.25, -0.2) is 4.79 Å². The predicted molar refractivity (Wildman–Crippen MR) is 99.6 cm³/mol. The highest BCUT2D eigenvalue weighted by Crippen LogP contribution is 2.37. The zero-order valence-corrected chi connectivity index (χ0v) is 15.9. The van der Waals surface area contributed by atoms with Gasteiger partial charge in [-0.2, -0.15) is 0 Å². The van der Waals surface area contributed by atoms with Crippen molar-refractivity contribution in [1.29, 1.82) is 0 Å². The van der Waals surface area contributed by atoms with Crippen LogP contribution in [0, 0.1) is 0 Å². The van der Waals surface area contributed by atoms with Crippen molar-refractivity contribution in [3.8, 4) is 5.75 Å². The Balaban J connectivity index is 1.68. The molecule has 0 bridgehead atoms. The van der Waals surface area contributed by atoms with Crippen LogP contribution in [-0.4, -0.2) is 23.6 Å². The summed E-state index contributed by atoms with van der Waals surface area (Å²) in [4.78, 5) is 26.9. The molecular formula is C19H16Cl2N2O4. The molecule has 2 heterocycles. The predicted octanol–water partition coefficient (Wildman–Crippen LogP) is 3.83. The molecular weight excluding hydrogens is 391 g/mol. The average molecular weight is 407 g/mol. The first-order valence-corrected chi connectivity index (χ1v) is 9.06. The van der Waals surface area contributed by atoms with E-state index in [0.29, 0.717) is 33.5 Å². The van der Waals surface area contributed by atoms with Crippen LogP contribution in [0.5, 0.6) is 5.75 Å². The molecule has 8 heteroatoms. The van der Waals surface area contributed by atoms with Crippen molar-refractivity contribution in [2.24, 2.45) is 0 Å². The van der Waals surface area contributed by atoms with Crippen molar-refractivity contribution >= 4 is 35.1 Å². The molecule has 0 aliphatic carbocycles. The van der Waals surface area contributed by atoms with Crippen molar-refractivity contribution in [3.05, 3.63) is 63.1 Å². The molecule has 1 N–H and O–H groups in total. The first-order chi connectivity index (χ1) is 12.9. The van der Waals surface area contributed by atoms with Crippen LogP contribution in [0.3, 0.4) is 0 Å². The zero-order chi connectivity index (χ0) is 19.2. The normalized spacial score (nSPS) is 21.7. The molecule has 0 radical (unpaired) electrons. The van der Waals surface area contributed by atoms with Gasteiger partial charge in [-0.3, -0.25) is 9.69 Å². The maximum absolute atomic E-state index is 13.1. The summed E-state index contributed by atoms with van der Waals surface area (Å²) in [6, 6.07) is 9.90. The van der Waals surface area contributed by atoms with E-state index in [4.69, 9.17) is 32.7 Å². The van der Waals surface area contributed by atoms with Gasteiger partial charge in [0.15, 0.2) is 6.79 Å². The minimum atomic E-state index is -1.24. The van der Waals surface area contributed by atoms with Crippen molar-refractivity contribution in [2.75, 3.05) is 6.79 Å². The van der Waals surface area contributed by atoms with Crippen molar-refractivity contribution in [2.45, 2.75) is 25.6 Å². The third-order valence-corrected chi connectivity index (χ3v) is 5.32. The fourth-order valence-corrected chi connectivity index (χ4v) is 4.02. The largest absolute Gasteiger partial charge is 0.467 e. The van der Waals surface area contributed by atoms with Gasteiger partial charge in [0, 0.05) is 26.7 Å². The zero-order valence-electron chi connectivity index (χ0n) is 14.4. The minimum Gasteiger partial charge on any atom is -0.467 e. The molecule has 6 nitrogen and oxygen atoms in total. The van der Waals surface area contributed by atoms with Crippen molar-refractivity contribution in [3.63, 3.8) is 0 Å². The average Bonchev–Trinajstić information content (AvgIpc) is 2.86. The van der Waals surface area contributed by atoms with E-state index in [9.17, 15) is 9.59 Å². The second-order valence-corrected chi connectivity index (χ2v) is 7.43. The van der Waals surface area contributed by atoms with E-state index < -0.39 is 11.6 Å². The monoisotopic (exact) mass is 406 g/mol. The van der Waals surface area contributed by atoms with Crippen LogP contribution < -0.4 is 10.1 Å². The molecule has 2 aromatic rings. The third-order valence-electron chi connectivity index (χ3n) is 4.77. The molecule has 2 aliphatic heterocycles. The number of amides is 3. The second kappa shape index (κ2) is 6.71. The van der Waals surface area contributed by atoms with Crippen LogP contribution in [0.2, 0.25) is 10.0 Å². The Labute approximate surface area is 165 Å². The van der Waals surface area contributed by atoms with Crippen LogP contribution in [0.1, 0.15) is 23.6 Å². The summed E-state index contributed by atoms with van der Waals surface area (Å²) in [6.07, 6.45) is 0. The number of nitrogens with zero attached hydrogens (tertiary/aromatic N) is 1. The summed E-state index contributed by atoms with van der Waals surface area (Å²) in [5.74, 6) is 0.207. The van der Waals surface area contributed by atoms with Gasteiger partial charge in [0.2, 0.25) is 0 Å². The van der Waals surface area contributed by atoms with Crippen LogP contribution in [0.15, 0.2) is 36.4 Å². The Morgan fingerprint density at radius 2 is 2.00 bits per heavy atom. The Morgan fingerprint density at radius 3 is 2.78 bits per heavy atom. The summed E-state index contributed by atoms with van der Waals surface area (Å²) in [5, 5.41) is 3.65. The lowest BCUT2D eigenvalue weighted by Crippen LogP contribution is -2.41. The highest BCUT2D eigenvalue weighted by atomic mass is 35.5. The number of fused-ring (bicyclic) bond motifs is 1. The maximum atomic E-state index is 13.1. The fourth-order valence-electron chi connectivity index (χ4n) is 3.43. The summed E-state index contributed by atoms with van der Waals surface area (Å²) >= 11 is 12.4. The molecule has 27 heavy (non-hydrogen) atoms. The number of benzene rings is 2. The fraction of sp³-hybridized carbons (Fsp3) is 0.263. The van der Waals surface area contributed by atoms with Gasteiger partial charge in [-0.15, -0.1) is 0 Å². The second-order valence-electron chi connectivity index (χ2n) is 6.59. The van der Waals surface area contributed by atoms with E-state index >= 15 is 0 Å². The van der Waals surface area contributed by atoms with Crippen LogP contribution in [0.25, 0.3) is 0 Å². The van der Waals surface area contributed by atoms with Gasteiger partial charge in [-0.1, -0.05) is 41.4 Å². The number of rotatable bonds is 3. The number of hydrogen-bond acceptors (Lipinski definition) is 4. The molecule has 3 amide bonds. The number of imide groups is 1. The van der Waals surface area contributed by atoms with Gasteiger partial charge in [0.25, 0.3) is 5.91 Å². The van der Waals surface area contributed by atoms with Crippen LogP contribution in [0.4, 0.5) is 4.79 Å². The maximum Gasteiger partial charge on any atom is 0.325 e. The molecule has 0 saturated carbocycles. The third kappa shape index (κ3) is 3.04. The Hall–Kier alpha value is -2.28. The summed E-state index contributed by atoms with van der Waals surface area (Å²) in [6.45, 7) is 2.15. The quantitative estimate of drug-likeness (QED) is 0.786. The van der Waals surface area contributed by atoms with Gasteiger partial charge < -0.3 is 14.8 Å². The highest BCUT2D eigenvalue weighted by Gasteiger charge is 2.50. The number of carbonyl (C=O) groups excluding carboxylic acids is 2. The molecule has 1 atom stereocenters. The molecule has 140 valence electrons. The summed E-state index contributed by atoms with van der Waals surface area (Å²) in [7, 11) is 0. The first kappa shape index (κ1) is 18.1. The first-order valence-electron chi connectivity index (χ1n) is 8.31. The van der Waals surface area contributed by atoms with E-state index in [-0.39, 0.29) is 19.2 Å². The minimum absolute atomic E-state index is 0.0353. The number of hydrogen-bond donors (Lipinski definition) is 1. The van der Waals surface area contributed by atoms with Crippen LogP contribution in [-0.2, 0) is 28.2 Å².